The lowest BCUT2D eigenvalue weighted by Gasteiger charge is -2.38. The fraction of sp³-hybridized carbons (Fsp3) is 0.533. The molecule has 4 nitrogen and oxygen atoms in total. The highest BCUT2D eigenvalue weighted by Crippen LogP contribution is 2.28. The molecule has 2 aliphatic rings. The quantitative estimate of drug-likeness (QED) is 0.782. The molecule has 114 valence electrons. The van der Waals surface area contributed by atoms with E-state index in [-0.39, 0.29) is 0 Å². The van der Waals surface area contributed by atoms with Gasteiger partial charge in [-0.15, -0.1) is 0 Å². The second-order valence-electron chi connectivity index (χ2n) is 5.55. The van der Waals surface area contributed by atoms with Crippen molar-refractivity contribution >= 4 is 11.7 Å². The first-order valence-corrected chi connectivity index (χ1v) is 7.16. The van der Waals surface area contributed by atoms with E-state index < -0.39 is 23.2 Å². The van der Waals surface area contributed by atoms with Gasteiger partial charge < -0.3 is 9.64 Å². The molecule has 1 aromatic rings. The van der Waals surface area contributed by atoms with Crippen LogP contribution in [0.2, 0.25) is 0 Å². The summed E-state index contributed by atoms with van der Waals surface area (Å²) in [5, 5.41) is 0. The van der Waals surface area contributed by atoms with Gasteiger partial charge in [-0.2, -0.15) is 0 Å². The largest absolute Gasteiger partial charge is 0.465 e. The molecule has 21 heavy (non-hydrogen) atoms. The zero-order chi connectivity index (χ0) is 15.0. The molecule has 0 unspecified atom stereocenters. The van der Waals surface area contributed by atoms with E-state index in [1.165, 1.54) is 18.6 Å². The molecular weight excluding hydrogens is 278 g/mol. The van der Waals surface area contributed by atoms with Crippen LogP contribution in [0, 0.1) is 11.6 Å². The number of fused-ring (bicyclic) bond motifs is 1. The highest BCUT2D eigenvalue weighted by molar-refractivity contribution is 5.90. The standard InChI is InChI=1S/C15H18F2N2O2/c1-21-15(20)14-12(16)7-11(8-13(14)17)19-6-5-18-4-2-3-10(18)9-19/h7-8,10H,2-6,9H2,1H3/t10-/m0/s1. The maximum atomic E-state index is 14.0. The lowest BCUT2D eigenvalue weighted by molar-refractivity contribution is 0.0590. The molecule has 0 aromatic heterocycles. The predicted octanol–water partition coefficient (Wildman–Crippen LogP) is 2.04. The number of rotatable bonds is 2. The molecule has 6 heteroatoms. The van der Waals surface area contributed by atoms with Crippen molar-refractivity contribution in [2.75, 3.05) is 38.2 Å². The second kappa shape index (κ2) is 5.60. The van der Waals surface area contributed by atoms with E-state index in [4.69, 9.17) is 0 Å². The van der Waals surface area contributed by atoms with Crippen LogP contribution < -0.4 is 4.90 Å². The molecular formula is C15H18F2N2O2. The first-order chi connectivity index (χ1) is 10.1. The third-order valence-electron chi connectivity index (χ3n) is 4.37. The molecule has 2 fully saturated rings. The van der Waals surface area contributed by atoms with Crippen LogP contribution in [0.4, 0.5) is 14.5 Å². The summed E-state index contributed by atoms with van der Waals surface area (Å²) in [6.45, 7) is 3.54. The van der Waals surface area contributed by atoms with Crippen molar-refractivity contribution in [2.24, 2.45) is 0 Å². The zero-order valence-corrected chi connectivity index (χ0v) is 11.9. The molecule has 0 spiro atoms. The van der Waals surface area contributed by atoms with Gasteiger partial charge in [-0.1, -0.05) is 0 Å². The predicted molar refractivity (Wildman–Crippen MR) is 74.5 cm³/mol. The lowest BCUT2D eigenvalue weighted by Crippen LogP contribution is -2.50. The van der Waals surface area contributed by atoms with Gasteiger partial charge in [0.25, 0.3) is 0 Å². The van der Waals surface area contributed by atoms with Gasteiger partial charge in [-0.05, 0) is 31.5 Å². The van der Waals surface area contributed by atoms with Gasteiger partial charge in [0.15, 0.2) is 0 Å². The molecule has 2 aliphatic heterocycles. The number of carbonyl (C=O) groups is 1. The van der Waals surface area contributed by atoms with Gasteiger partial charge >= 0.3 is 5.97 Å². The molecule has 1 atom stereocenters. The van der Waals surface area contributed by atoms with Crippen LogP contribution in [0.5, 0.6) is 0 Å². The van der Waals surface area contributed by atoms with E-state index in [9.17, 15) is 13.6 Å². The lowest BCUT2D eigenvalue weighted by atomic mass is 10.1. The minimum atomic E-state index is -0.989. The number of nitrogens with zero attached hydrogens (tertiary/aromatic N) is 2. The van der Waals surface area contributed by atoms with Crippen LogP contribution in [0.25, 0.3) is 0 Å². The van der Waals surface area contributed by atoms with Crippen molar-refractivity contribution in [1.29, 1.82) is 0 Å². The van der Waals surface area contributed by atoms with Crippen LogP contribution in [0.15, 0.2) is 12.1 Å². The maximum absolute atomic E-state index is 14.0. The Labute approximate surface area is 122 Å². The van der Waals surface area contributed by atoms with Crippen molar-refractivity contribution in [2.45, 2.75) is 18.9 Å². The van der Waals surface area contributed by atoms with Crippen molar-refractivity contribution in [3.8, 4) is 0 Å². The highest BCUT2D eigenvalue weighted by atomic mass is 19.1. The highest BCUT2D eigenvalue weighted by Gasteiger charge is 2.31. The van der Waals surface area contributed by atoms with Gasteiger partial charge in [0.05, 0.1) is 7.11 Å². The number of halogens is 2. The number of methoxy groups -OCH3 is 1. The Morgan fingerprint density at radius 2 is 1.95 bits per heavy atom. The molecule has 2 heterocycles. The summed E-state index contributed by atoms with van der Waals surface area (Å²) in [5.74, 6) is -2.73. The zero-order valence-electron chi connectivity index (χ0n) is 11.9. The number of hydrogen-bond acceptors (Lipinski definition) is 4. The maximum Gasteiger partial charge on any atom is 0.343 e. The van der Waals surface area contributed by atoms with Crippen LogP contribution in [0.3, 0.4) is 0 Å². The van der Waals surface area contributed by atoms with Gasteiger partial charge in [0.2, 0.25) is 0 Å². The Kier molecular flexibility index (Phi) is 3.80. The number of benzene rings is 1. The van der Waals surface area contributed by atoms with E-state index in [0.29, 0.717) is 11.7 Å². The van der Waals surface area contributed by atoms with Gasteiger partial charge in [0, 0.05) is 31.4 Å². The van der Waals surface area contributed by atoms with Crippen molar-refractivity contribution in [1.82, 2.24) is 4.90 Å². The Balaban J connectivity index is 1.84. The monoisotopic (exact) mass is 296 g/mol. The summed E-state index contributed by atoms with van der Waals surface area (Å²) in [5.41, 5.74) is -0.134. The summed E-state index contributed by atoms with van der Waals surface area (Å²) in [6.07, 6.45) is 2.31. The van der Waals surface area contributed by atoms with E-state index >= 15 is 0 Å². The minimum absolute atomic E-state index is 0.463. The molecule has 1 aromatic carbocycles. The molecule has 0 saturated carbocycles. The van der Waals surface area contributed by atoms with Crippen molar-refractivity contribution in [3.63, 3.8) is 0 Å². The fourth-order valence-corrected chi connectivity index (χ4v) is 3.27. The van der Waals surface area contributed by atoms with Crippen LogP contribution in [-0.4, -0.2) is 50.2 Å². The number of carbonyl (C=O) groups excluding carboxylic acids is 1. The average Bonchev–Trinajstić information content (AvgIpc) is 2.93. The first-order valence-electron chi connectivity index (χ1n) is 7.16. The summed E-state index contributed by atoms with van der Waals surface area (Å²) >= 11 is 0. The number of esters is 1. The van der Waals surface area contributed by atoms with Crippen LogP contribution in [0.1, 0.15) is 23.2 Å². The molecule has 0 bridgehead atoms. The molecule has 0 aliphatic carbocycles. The normalized spacial score (nSPS) is 22.2. The van der Waals surface area contributed by atoms with E-state index in [2.05, 4.69) is 9.64 Å². The summed E-state index contributed by atoms with van der Waals surface area (Å²) in [6, 6.07) is 2.91. The van der Waals surface area contributed by atoms with Gasteiger partial charge in [0.1, 0.15) is 17.2 Å². The topological polar surface area (TPSA) is 32.8 Å². The molecule has 3 rings (SSSR count). The summed E-state index contributed by atoms with van der Waals surface area (Å²) in [7, 11) is 1.11. The van der Waals surface area contributed by atoms with E-state index in [1.54, 1.807) is 0 Å². The number of ether oxygens (including phenoxy) is 1. The summed E-state index contributed by atoms with van der Waals surface area (Å²) in [4.78, 5) is 15.8. The first kappa shape index (κ1) is 14.3. The molecule has 0 amide bonds. The van der Waals surface area contributed by atoms with Gasteiger partial charge in [-0.25, -0.2) is 13.6 Å². The molecule has 2 saturated heterocycles. The van der Waals surface area contributed by atoms with E-state index in [1.807, 2.05) is 4.90 Å². The molecule has 0 radical (unpaired) electrons. The number of hydrogen-bond donors (Lipinski definition) is 0. The fourth-order valence-electron chi connectivity index (χ4n) is 3.27. The third-order valence-corrected chi connectivity index (χ3v) is 4.37. The van der Waals surface area contributed by atoms with Crippen molar-refractivity contribution in [3.05, 3.63) is 29.3 Å². The Bertz CT molecular complexity index is 542. The Hall–Kier alpha value is -1.69. The smallest absolute Gasteiger partial charge is 0.343 e. The third kappa shape index (κ3) is 2.60. The number of anilines is 1. The average molecular weight is 296 g/mol. The molecule has 0 N–H and O–H groups in total. The second-order valence-corrected chi connectivity index (χ2v) is 5.55. The van der Waals surface area contributed by atoms with Gasteiger partial charge in [-0.3, -0.25) is 4.90 Å². The van der Waals surface area contributed by atoms with Crippen LogP contribution in [-0.2, 0) is 4.74 Å². The van der Waals surface area contributed by atoms with Crippen LogP contribution >= 0.6 is 0 Å². The van der Waals surface area contributed by atoms with Crippen molar-refractivity contribution < 1.29 is 18.3 Å². The Morgan fingerprint density at radius 3 is 2.62 bits per heavy atom. The Morgan fingerprint density at radius 1 is 1.24 bits per heavy atom. The SMILES string of the molecule is COC(=O)c1c(F)cc(N2CCN3CCC[C@H]3C2)cc1F. The minimum Gasteiger partial charge on any atom is -0.465 e. The number of piperazine rings is 1. The van der Waals surface area contributed by atoms with E-state index in [0.717, 1.165) is 39.7 Å². The summed E-state index contributed by atoms with van der Waals surface area (Å²) < 4.78 is 32.4.